The van der Waals surface area contributed by atoms with Gasteiger partial charge in [-0.15, -0.1) is 0 Å². The average molecular weight is 448 g/mol. The van der Waals surface area contributed by atoms with E-state index in [4.69, 9.17) is 10.5 Å². The van der Waals surface area contributed by atoms with Gasteiger partial charge >= 0.3 is 12.0 Å². The van der Waals surface area contributed by atoms with Gasteiger partial charge in [-0.1, -0.05) is 24.3 Å². The number of sulfone groups is 1. The third-order valence-corrected chi connectivity index (χ3v) is 7.79. The van der Waals surface area contributed by atoms with Crippen molar-refractivity contribution in [3.63, 3.8) is 0 Å². The van der Waals surface area contributed by atoms with Crippen LogP contribution in [0.3, 0.4) is 0 Å². The van der Waals surface area contributed by atoms with E-state index >= 15 is 0 Å². The van der Waals surface area contributed by atoms with Crippen molar-refractivity contribution < 1.29 is 33.0 Å². The van der Waals surface area contributed by atoms with Crippen molar-refractivity contribution in [2.75, 3.05) is 13.1 Å². The Morgan fingerprint density at radius 2 is 1.84 bits per heavy atom. The molecule has 0 bridgehead atoms. The summed E-state index contributed by atoms with van der Waals surface area (Å²) in [6.07, 6.45) is -0.264. The largest absolute Gasteiger partial charge is 0.489 e. The Kier molecular flexibility index (Phi) is 6.23. The van der Waals surface area contributed by atoms with Crippen molar-refractivity contribution in [1.82, 2.24) is 4.90 Å². The van der Waals surface area contributed by atoms with E-state index in [1.807, 2.05) is 31.2 Å². The van der Waals surface area contributed by atoms with Gasteiger partial charge in [0.1, 0.15) is 17.6 Å². The van der Waals surface area contributed by atoms with Crippen LogP contribution in [0.5, 0.6) is 5.75 Å². The van der Waals surface area contributed by atoms with Crippen molar-refractivity contribution in [1.29, 1.82) is 0 Å². The van der Waals surface area contributed by atoms with Crippen LogP contribution in [0.4, 0.5) is 4.79 Å². The van der Waals surface area contributed by atoms with Gasteiger partial charge in [-0.3, -0.25) is 0 Å². The highest BCUT2D eigenvalue weighted by atomic mass is 32.2. The van der Waals surface area contributed by atoms with E-state index in [-0.39, 0.29) is 17.9 Å². The molecular weight excluding hydrogens is 424 g/mol. The molecule has 0 saturated carbocycles. The van der Waals surface area contributed by atoms with Crippen molar-refractivity contribution in [2.24, 2.45) is 5.73 Å². The fourth-order valence-corrected chi connectivity index (χ4v) is 5.56. The highest BCUT2D eigenvalue weighted by molar-refractivity contribution is 7.92. The Balaban J connectivity index is 1.80. The van der Waals surface area contributed by atoms with Crippen molar-refractivity contribution in [3.05, 3.63) is 59.7 Å². The quantitative estimate of drug-likeness (QED) is 0.604. The summed E-state index contributed by atoms with van der Waals surface area (Å²) in [5.41, 5.74) is 4.55. The van der Waals surface area contributed by atoms with Crippen LogP contribution in [-0.4, -0.2) is 59.5 Å². The van der Waals surface area contributed by atoms with Crippen LogP contribution in [0.15, 0.2) is 53.4 Å². The Morgan fingerprint density at radius 1 is 1.19 bits per heavy atom. The lowest BCUT2D eigenvalue weighted by Crippen LogP contribution is -2.65. The van der Waals surface area contributed by atoms with Crippen LogP contribution in [0.25, 0.3) is 0 Å². The number of carbonyl (C=O) groups excluding carboxylic acids is 1. The van der Waals surface area contributed by atoms with Crippen LogP contribution >= 0.6 is 0 Å². The number of carboxylic acid groups (broad SMARTS) is 1. The number of urea groups is 1. The molecule has 0 radical (unpaired) electrons. The smallest absolute Gasteiger partial charge is 0.338 e. The van der Waals surface area contributed by atoms with Gasteiger partial charge in [-0.25, -0.2) is 18.0 Å². The second-order valence-electron chi connectivity index (χ2n) is 7.50. The lowest BCUT2D eigenvalue weighted by molar-refractivity contribution is -0.162. The van der Waals surface area contributed by atoms with Crippen molar-refractivity contribution in [3.8, 4) is 5.75 Å². The molecule has 10 heteroatoms. The molecule has 2 unspecified atom stereocenters. The first-order valence-corrected chi connectivity index (χ1v) is 11.1. The molecule has 0 aliphatic carbocycles. The summed E-state index contributed by atoms with van der Waals surface area (Å²) in [6.45, 7) is 1.48. The van der Waals surface area contributed by atoms with Gasteiger partial charge in [0.05, 0.1) is 11.4 Å². The molecule has 166 valence electrons. The number of aliphatic hydroxyl groups is 1. The van der Waals surface area contributed by atoms with Gasteiger partial charge in [-0.2, -0.15) is 0 Å². The van der Waals surface area contributed by atoms with E-state index in [0.717, 1.165) is 16.0 Å². The number of benzene rings is 2. The predicted octanol–water partition coefficient (Wildman–Crippen LogP) is 1.32. The number of carboxylic acids is 1. The molecule has 31 heavy (non-hydrogen) atoms. The number of aliphatic carboxylic acids is 1. The predicted molar refractivity (Wildman–Crippen MR) is 111 cm³/mol. The first kappa shape index (κ1) is 22.6. The molecular formula is C21H24N2O7S. The van der Waals surface area contributed by atoms with Crippen LogP contribution in [0.2, 0.25) is 0 Å². The summed E-state index contributed by atoms with van der Waals surface area (Å²) < 4.78 is 31.9. The average Bonchev–Trinajstić information content (AvgIpc) is 2.73. The van der Waals surface area contributed by atoms with E-state index in [1.165, 1.54) is 24.3 Å². The number of hydrogen-bond acceptors (Lipinski definition) is 6. The normalized spacial score (nSPS) is 21.5. The van der Waals surface area contributed by atoms with Crippen LogP contribution < -0.4 is 10.5 Å². The minimum Gasteiger partial charge on any atom is -0.489 e. The molecule has 2 amide bonds. The maximum absolute atomic E-state index is 13.1. The third kappa shape index (κ3) is 4.49. The number of nitrogens with two attached hydrogens (primary N) is 1. The van der Waals surface area contributed by atoms with Gasteiger partial charge in [-0.05, 0) is 48.7 Å². The van der Waals surface area contributed by atoms with Gasteiger partial charge in [0.2, 0.25) is 0 Å². The second-order valence-corrected chi connectivity index (χ2v) is 9.63. The number of nitrogens with zero attached hydrogens (tertiary/aromatic N) is 1. The Morgan fingerprint density at radius 3 is 2.42 bits per heavy atom. The summed E-state index contributed by atoms with van der Waals surface area (Å²) in [5.74, 6) is -1.29. The Bertz CT molecular complexity index is 1090. The fourth-order valence-electron chi connectivity index (χ4n) is 3.61. The molecule has 1 aliphatic rings. The van der Waals surface area contributed by atoms with E-state index in [2.05, 4.69) is 0 Å². The number of likely N-dealkylation sites (tertiary alicyclic amines) is 1. The van der Waals surface area contributed by atoms with Crippen molar-refractivity contribution >= 4 is 21.8 Å². The van der Waals surface area contributed by atoms with E-state index in [0.29, 0.717) is 12.4 Å². The summed E-state index contributed by atoms with van der Waals surface area (Å²) in [4.78, 5) is 23.9. The number of aryl methyl sites for hydroxylation is 1. The lowest BCUT2D eigenvalue weighted by atomic mass is 9.92. The van der Waals surface area contributed by atoms with Gasteiger partial charge in [0.15, 0.2) is 15.4 Å². The van der Waals surface area contributed by atoms with Crippen LogP contribution in [0.1, 0.15) is 17.5 Å². The number of amides is 2. The zero-order chi connectivity index (χ0) is 22.8. The minimum atomic E-state index is -4.22. The monoisotopic (exact) mass is 448 g/mol. The molecule has 2 atom stereocenters. The summed E-state index contributed by atoms with van der Waals surface area (Å²) in [6, 6.07) is 12.4. The molecule has 0 aromatic heterocycles. The number of primary amides is 1. The highest BCUT2D eigenvalue weighted by Crippen LogP contribution is 2.33. The zero-order valence-corrected chi connectivity index (χ0v) is 17.7. The molecule has 2 aromatic carbocycles. The lowest BCUT2D eigenvalue weighted by Gasteiger charge is -2.40. The summed E-state index contributed by atoms with van der Waals surface area (Å²) in [5, 5.41) is 18.5. The molecule has 9 nitrogen and oxygen atoms in total. The number of β-amino-alcohol motifs (C(OH)–C–C–N with tert-alkyl or cyclic N) is 1. The Hall–Kier alpha value is -3.11. The number of carbonyl (C=O) groups is 2. The number of piperidine rings is 1. The molecule has 1 fully saturated rings. The SMILES string of the molecule is Cc1ccccc1COc1ccc(S(=O)(=O)C2CCN(C(N)=O)CC2(O)C(=O)O)cc1. The van der Waals surface area contributed by atoms with E-state index in [9.17, 15) is 28.2 Å². The maximum atomic E-state index is 13.1. The molecule has 0 spiro atoms. The zero-order valence-electron chi connectivity index (χ0n) is 16.9. The van der Waals surface area contributed by atoms with E-state index in [1.54, 1.807) is 0 Å². The standard InChI is InChI=1S/C21H24N2O7S/c1-14-4-2-3-5-15(14)12-30-16-6-8-17(9-7-16)31(28,29)18-10-11-23(20(22)26)13-21(18,27)19(24)25/h2-9,18,27H,10-13H2,1H3,(H2,22,26)(H,24,25). The summed E-state index contributed by atoms with van der Waals surface area (Å²) in [7, 11) is -4.22. The molecule has 4 N–H and O–H groups in total. The minimum absolute atomic E-state index is 0.0769. The molecule has 3 rings (SSSR count). The summed E-state index contributed by atoms with van der Waals surface area (Å²) >= 11 is 0. The van der Waals surface area contributed by atoms with Gasteiger partial charge < -0.3 is 25.6 Å². The van der Waals surface area contributed by atoms with Crippen LogP contribution in [-0.2, 0) is 21.2 Å². The topological polar surface area (TPSA) is 147 Å². The first-order chi connectivity index (χ1) is 14.6. The Labute approximate surface area is 180 Å². The van der Waals surface area contributed by atoms with E-state index < -0.39 is 39.2 Å². The highest BCUT2D eigenvalue weighted by Gasteiger charge is 2.55. The number of hydrogen-bond donors (Lipinski definition) is 3. The van der Waals surface area contributed by atoms with Gasteiger partial charge in [0.25, 0.3) is 0 Å². The van der Waals surface area contributed by atoms with Crippen molar-refractivity contribution in [2.45, 2.75) is 35.7 Å². The third-order valence-electron chi connectivity index (χ3n) is 5.49. The first-order valence-electron chi connectivity index (χ1n) is 9.57. The fraction of sp³-hybridized carbons (Fsp3) is 0.333. The number of ether oxygens (including phenoxy) is 1. The van der Waals surface area contributed by atoms with Gasteiger partial charge in [0, 0.05) is 6.54 Å². The molecule has 1 aliphatic heterocycles. The maximum Gasteiger partial charge on any atom is 0.338 e. The van der Waals surface area contributed by atoms with Crippen LogP contribution in [0, 0.1) is 6.92 Å². The second kappa shape index (κ2) is 8.56. The molecule has 1 saturated heterocycles. The number of rotatable bonds is 6. The molecule has 2 aromatic rings. The molecule has 1 heterocycles.